The second-order valence-electron chi connectivity index (χ2n) is 5.74. The van der Waals surface area contributed by atoms with Gasteiger partial charge < -0.3 is 0 Å². The van der Waals surface area contributed by atoms with E-state index in [9.17, 15) is 0 Å². The molecule has 104 valence electrons. The normalized spacial score (nSPS) is 11.6. The SMILES string of the molecule is CCN(CCCC(C)(C)C#N)Cc1cccc(C)n1. The number of nitrogens with zero attached hydrogens (tertiary/aromatic N) is 3. The smallest absolute Gasteiger partial charge is 0.0683 e. The first-order chi connectivity index (χ1) is 8.96. The number of rotatable bonds is 7. The first kappa shape index (κ1) is 15.7. The highest BCUT2D eigenvalue weighted by atomic mass is 15.1. The molecule has 0 radical (unpaired) electrons. The van der Waals surface area contributed by atoms with E-state index in [1.165, 1.54) is 0 Å². The summed E-state index contributed by atoms with van der Waals surface area (Å²) in [5.74, 6) is 0. The molecule has 0 atom stereocenters. The van der Waals surface area contributed by atoms with Gasteiger partial charge in [0, 0.05) is 12.2 Å². The van der Waals surface area contributed by atoms with Crippen molar-refractivity contribution in [2.45, 2.75) is 47.1 Å². The van der Waals surface area contributed by atoms with Gasteiger partial charge in [0.25, 0.3) is 0 Å². The molecule has 0 unspecified atom stereocenters. The Morgan fingerprint density at radius 2 is 2.11 bits per heavy atom. The van der Waals surface area contributed by atoms with Crippen LogP contribution in [0.5, 0.6) is 0 Å². The van der Waals surface area contributed by atoms with Crippen molar-refractivity contribution in [2.24, 2.45) is 5.41 Å². The topological polar surface area (TPSA) is 39.9 Å². The summed E-state index contributed by atoms with van der Waals surface area (Å²) in [5.41, 5.74) is 1.99. The van der Waals surface area contributed by atoms with Crippen LogP contribution in [0.25, 0.3) is 0 Å². The molecule has 0 aliphatic heterocycles. The molecule has 0 aromatic carbocycles. The van der Waals surface area contributed by atoms with E-state index < -0.39 is 0 Å². The minimum Gasteiger partial charge on any atom is -0.298 e. The lowest BCUT2D eigenvalue weighted by molar-refractivity contribution is 0.257. The zero-order valence-electron chi connectivity index (χ0n) is 12.6. The van der Waals surface area contributed by atoms with Crippen LogP contribution < -0.4 is 0 Å². The van der Waals surface area contributed by atoms with E-state index in [2.05, 4.69) is 35.0 Å². The number of pyridine rings is 1. The maximum atomic E-state index is 9.01. The van der Waals surface area contributed by atoms with Crippen molar-refractivity contribution in [1.29, 1.82) is 5.26 Å². The zero-order chi connectivity index (χ0) is 14.3. The fourth-order valence-electron chi connectivity index (χ4n) is 2.07. The van der Waals surface area contributed by atoms with Crippen molar-refractivity contribution in [3.8, 4) is 6.07 Å². The summed E-state index contributed by atoms with van der Waals surface area (Å²) in [6.45, 7) is 11.1. The monoisotopic (exact) mass is 259 g/mol. The van der Waals surface area contributed by atoms with Crippen molar-refractivity contribution in [1.82, 2.24) is 9.88 Å². The number of aryl methyl sites for hydroxylation is 1. The molecule has 0 amide bonds. The van der Waals surface area contributed by atoms with Gasteiger partial charge in [0.1, 0.15) is 0 Å². The first-order valence-corrected chi connectivity index (χ1v) is 7.03. The summed E-state index contributed by atoms with van der Waals surface area (Å²) in [6.07, 6.45) is 2.00. The quantitative estimate of drug-likeness (QED) is 0.752. The molecule has 19 heavy (non-hydrogen) atoms. The van der Waals surface area contributed by atoms with Gasteiger partial charge in [-0.2, -0.15) is 5.26 Å². The first-order valence-electron chi connectivity index (χ1n) is 7.03. The second kappa shape index (κ2) is 7.25. The Bertz CT molecular complexity index is 432. The van der Waals surface area contributed by atoms with Crippen molar-refractivity contribution in [3.05, 3.63) is 29.6 Å². The van der Waals surface area contributed by atoms with Crippen LogP contribution in [0.15, 0.2) is 18.2 Å². The van der Waals surface area contributed by atoms with Crippen LogP contribution in [0.4, 0.5) is 0 Å². The molecule has 0 saturated heterocycles. The molecule has 0 N–H and O–H groups in total. The Morgan fingerprint density at radius 3 is 2.68 bits per heavy atom. The molecule has 0 bridgehead atoms. The molecular formula is C16H25N3. The van der Waals surface area contributed by atoms with E-state index in [-0.39, 0.29) is 5.41 Å². The number of hydrogen-bond acceptors (Lipinski definition) is 3. The highest BCUT2D eigenvalue weighted by Gasteiger charge is 2.16. The standard InChI is InChI=1S/C16H25N3/c1-5-19(11-7-10-16(3,4)13-17)12-15-9-6-8-14(2)18-15/h6,8-9H,5,7,10-12H2,1-4H3. The highest BCUT2D eigenvalue weighted by Crippen LogP contribution is 2.20. The van der Waals surface area contributed by atoms with Gasteiger partial charge in [-0.1, -0.05) is 13.0 Å². The Balaban J connectivity index is 2.45. The van der Waals surface area contributed by atoms with Crippen LogP contribution in [0.2, 0.25) is 0 Å². The molecule has 3 nitrogen and oxygen atoms in total. The number of hydrogen-bond donors (Lipinski definition) is 0. The average molecular weight is 259 g/mol. The van der Waals surface area contributed by atoms with Crippen LogP contribution >= 0.6 is 0 Å². The van der Waals surface area contributed by atoms with E-state index >= 15 is 0 Å². The lowest BCUT2D eigenvalue weighted by Crippen LogP contribution is -2.25. The predicted octanol–water partition coefficient (Wildman–Crippen LogP) is 3.54. The zero-order valence-corrected chi connectivity index (χ0v) is 12.6. The van der Waals surface area contributed by atoms with Crippen molar-refractivity contribution >= 4 is 0 Å². The summed E-state index contributed by atoms with van der Waals surface area (Å²) < 4.78 is 0. The number of nitriles is 1. The summed E-state index contributed by atoms with van der Waals surface area (Å²) in [7, 11) is 0. The van der Waals surface area contributed by atoms with Crippen LogP contribution in [0.3, 0.4) is 0 Å². The Kier molecular flexibility index (Phi) is 5.98. The minimum atomic E-state index is -0.207. The van der Waals surface area contributed by atoms with Crippen LogP contribution in [-0.4, -0.2) is 23.0 Å². The van der Waals surface area contributed by atoms with Gasteiger partial charge in [-0.3, -0.25) is 9.88 Å². The van der Waals surface area contributed by atoms with Crippen molar-refractivity contribution in [3.63, 3.8) is 0 Å². The van der Waals surface area contributed by atoms with Crippen LogP contribution in [-0.2, 0) is 6.54 Å². The van der Waals surface area contributed by atoms with Gasteiger partial charge in [0.05, 0.1) is 17.2 Å². The van der Waals surface area contributed by atoms with Crippen LogP contribution in [0.1, 0.15) is 45.0 Å². The van der Waals surface area contributed by atoms with Gasteiger partial charge in [0.2, 0.25) is 0 Å². The average Bonchev–Trinajstić information content (AvgIpc) is 2.37. The van der Waals surface area contributed by atoms with Gasteiger partial charge in [-0.15, -0.1) is 0 Å². The highest BCUT2D eigenvalue weighted by molar-refractivity contribution is 5.09. The third kappa shape index (κ3) is 5.85. The maximum absolute atomic E-state index is 9.01. The van der Waals surface area contributed by atoms with E-state index in [0.29, 0.717) is 0 Å². The molecule has 1 aromatic heterocycles. The largest absolute Gasteiger partial charge is 0.298 e. The van der Waals surface area contributed by atoms with E-state index in [1.54, 1.807) is 0 Å². The van der Waals surface area contributed by atoms with Crippen molar-refractivity contribution in [2.75, 3.05) is 13.1 Å². The predicted molar refractivity (Wildman–Crippen MR) is 78.6 cm³/mol. The van der Waals surface area contributed by atoms with Gasteiger partial charge in [-0.05, 0) is 58.8 Å². The summed E-state index contributed by atoms with van der Waals surface area (Å²) in [5, 5.41) is 9.01. The summed E-state index contributed by atoms with van der Waals surface area (Å²) >= 11 is 0. The fourth-order valence-corrected chi connectivity index (χ4v) is 2.07. The second-order valence-corrected chi connectivity index (χ2v) is 5.74. The Morgan fingerprint density at radius 1 is 1.37 bits per heavy atom. The molecule has 1 heterocycles. The lowest BCUT2D eigenvalue weighted by Gasteiger charge is -2.22. The summed E-state index contributed by atoms with van der Waals surface area (Å²) in [6, 6.07) is 8.52. The molecule has 0 spiro atoms. The van der Waals surface area contributed by atoms with Crippen molar-refractivity contribution < 1.29 is 0 Å². The molecule has 0 fully saturated rings. The number of aromatic nitrogens is 1. The molecule has 0 aliphatic carbocycles. The molecule has 0 saturated carbocycles. The molecule has 3 heteroatoms. The van der Waals surface area contributed by atoms with Crippen LogP contribution in [0, 0.1) is 23.7 Å². The van der Waals surface area contributed by atoms with E-state index in [1.807, 2.05) is 26.8 Å². The van der Waals surface area contributed by atoms with Gasteiger partial charge >= 0.3 is 0 Å². The van der Waals surface area contributed by atoms with E-state index in [4.69, 9.17) is 5.26 Å². The fraction of sp³-hybridized carbons (Fsp3) is 0.625. The molecule has 1 aromatic rings. The van der Waals surface area contributed by atoms with Gasteiger partial charge in [-0.25, -0.2) is 0 Å². The van der Waals surface area contributed by atoms with E-state index in [0.717, 1.165) is 43.9 Å². The Hall–Kier alpha value is -1.40. The summed E-state index contributed by atoms with van der Waals surface area (Å²) in [4.78, 5) is 6.92. The maximum Gasteiger partial charge on any atom is 0.0683 e. The third-order valence-corrected chi connectivity index (χ3v) is 3.36. The lowest BCUT2D eigenvalue weighted by atomic mass is 9.90. The van der Waals surface area contributed by atoms with Gasteiger partial charge in [0.15, 0.2) is 0 Å². The Labute approximate surface area is 117 Å². The third-order valence-electron chi connectivity index (χ3n) is 3.36. The molecule has 0 aliphatic rings. The minimum absolute atomic E-state index is 0.207. The molecular weight excluding hydrogens is 234 g/mol. The molecule has 1 rings (SSSR count).